The fraction of sp³-hybridized carbons (Fsp3) is 0.423. The van der Waals surface area contributed by atoms with E-state index in [9.17, 15) is 13.2 Å². The highest BCUT2D eigenvalue weighted by Gasteiger charge is 2.47. The Hall–Kier alpha value is -3.20. The Balaban J connectivity index is 1.38. The van der Waals surface area contributed by atoms with Crippen LogP contribution in [0.4, 0.5) is 10.5 Å². The van der Waals surface area contributed by atoms with Gasteiger partial charge in [-0.1, -0.05) is 31.9 Å². The van der Waals surface area contributed by atoms with Crippen LogP contribution in [0.5, 0.6) is 0 Å². The number of carbonyl (C=O) groups excluding carboxylic acids is 1. The molecule has 1 fully saturated rings. The molecule has 1 aliphatic heterocycles. The molecule has 0 radical (unpaired) electrons. The summed E-state index contributed by atoms with van der Waals surface area (Å²) in [5.41, 5.74) is 6.45. The molecule has 2 amide bonds. The van der Waals surface area contributed by atoms with Crippen LogP contribution in [-0.2, 0) is 21.8 Å². The maximum absolute atomic E-state index is 13.3. The number of fused-ring (bicyclic) bond motifs is 2. The highest BCUT2D eigenvalue weighted by Crippen LogP contribution is 2.50. The van der Waals surface area contributed by atoms with Gasteiger partial charge in [-0.2, -0.15) is 5.10 Å². The number of benzene rings is 1. The number of amides is 2. The van der Waals surface area contributed by atoms with Gasteiger partial charge in [0, 0.05) is 29.8 Å². The van der Waals surface area contributed by atoms with Crippen molar-refractivity contribution in [3.05, 3.63) is 59.0 Å². The Kier molecular flexibility index (Phi) is 5.91. The van der Waals surface area contributed by atoms with Crippen LogP contribution in [-0.4, -0.2) is 41.9 Å². The van der Waals surface area contributed by atoms with Gasteiger partial charge in [0.25, 0.3) is 0 Å². The summed E-state index contributed by atoms with van der Waals surface area (Å²) in [7, 11) is -3.24. The molecule has 3 aromatic rings. The Bertz CT molecular complexity index is 1350. The third-order valence-corrected chi connectivity index (χ3v) is 9.17. The second kappa shape index (κ2) is 8.78. The van der Waals surface area contributed by atoms with E-state index < -0.39 is 9.84 Å². The average molecular weight is 494 g/mol. The molecule has 0 atom stereocenters. The average Bonchev–Trinajstić information content (AvgIpc) is 3.56. The molecule has 9 heteroatoms. The number of rotatable bonds is 5. The summed E-state index contributed by atoms with van der Waals surface area (Å²) in [5, 5.41) is 10.4. The van der Waals surface area contributed by atoms with Crippen molar-refractivity contribution in [3.8, 4) is 11.3 Å². The number of nitrogens with one attached hydrogen (secondary N) is 2. The minimum Gasteiger partial charge on any atom is -0.334 e. The van der Waals surface area contributed by atoms with Crippen molar-refractivity contribution in [2.45, 2.75) is 63.3 Å². The summed E-state index contributed by atoms with van der Waals surface area (Å²) in [6, 6.07) is 10.5. The van der Waals surface area contributed by atoms with Crippen molar-refractivity contribution in [1.82, 2.24) is 20.5 Å². The van der Waals surface area contributed by atoms with Crippen LogP contribution < -0.4 is 10.2 Å². The lowest BCUT2D eigenvalue weighted by Crippen LogP contribution is -2.41. The van der Waals surface area contributed by atoms with Gasteiger partial charge in [0.15, 0.2) is 9.84 Å². The Morgan fingerprint density at radius 1 is 1.11 bits per heavy atom. The van der Waals surface area contributed by atoms with Crippen molar-refractivity contribution in [1.29, 1.82) is 0 Å². The number of sulfone groups is 1. The number of hydrogen-bond donors (Lipinski definition) is 2. The number of anilines is 1. The first-order valence-corrected chi connectivity index (χ1v) is 13.8. The fourth-order valence-electron chi connectivity index (χ4n) is 5.47. The molecule has 0 unspecified atom stereocenters. The number of aromatic nitrogens is 3. The normalized spacial score (nSPS) is 16.6. The van der Waals surface area contributed by atoms with E-state index in [-0.39, 0.29) is 17.2 Å². The van der Waals surface area contributed by atoms with E-state index in [2.05, 4.69) is 15.5 Å². The highest BCUT2D eigenvalue weighted by molar-refractivity contribution is 7.91. The standard InChI is InChI=1S/C26H31N5O3S/c1-4-35(33,34)20-9-7-19(8-10-20)15-27-25(32)31-16-26(13-5-6-14-26)24-22(31)12-11-21(28-24)23-17(2)29-30-18(23)3/h7-12H,4-6,13-16H2,1-3H3,(H,27,32)(H,29,30). The number of aryl methyl sites for hydroxylation is 2. The van der Waals surface area contributed by atoms with Gasteiger partial charge >= 0.3 is 6.03 Å². The first-order valence-electron chi connectivity index (χ1n) is 12.1. The minimum absolute atomic E-state index is 0.0642. The van der Waals surface area contributed by atoms with Crippen LogP contribution in [0.2, 0.25) is 0 Å². The fourth-order valence-corrected chi connectivity index (χ4v) is 6.36. The van der Waals surface area contributed by atoms with Crippen molar-refractivity contribution in [3.63, 3.8) is 0 Å². The van der Waals surface area contributed by atoms with E-state index in [1.165, 1.54) is 0 Å². The molecule has 8 nitrogen and oxygen atoms in total. The summed E-state index contributed by atoms with van der Waals surface area (Å²) >= 11 is 0. The third-order valence-electron chi connectivity index (χ3n) is 7.42. The van der Waals surface area contributed by atoms with Gasteiger partial charge in [-0.05, 0) is 56.5 Å². The largest absolute Gasteiger partial charge is 0.334 e. The first-order chi connectivity index (χ1) is 16.7. The molecule has 0 saturated heterocycles. The molecular formula is C26H31N5O3S. The third kappa shape index (κ3) is 4.11. The Labute approximate surface area is 206 Å². The minimum atomic E-state index is -3.24. The smallest absolute Gasteiger partial charge is 0.322 e. The number of pyridine rings is 1. The zero-order valence-corrected chi connectivity index (χ0v) is 21.2. The van der Waals surface area contributed by atoms with Crippen LogP contribution >= 0.6 is 0 Å². The molecule has 2 aromatic heterocycles. The summed E-state index contributed by atoms with van der Waals surface area (Å²) in [5.74, 6) is 0.0642. The Morgan fingerprint density at radius 2 is 1.83 bits per heavy atom. The van der Waals surface area contributed by atoms with E-state index in [4.69, 9.17) is 4.98 Å². The van der Waals surface area contributed by atoms with E-state index in [1.807, 2.05) is 30.9 Å². The second-order valence-corrected chi connectivity index (χ2v) is 11.9. The van der Waals surface area contributed by atoms with Crippen LogP contribution in [0.3, 0.4) is 0 Å². The molecule has 2 N–H and O–H groups in total. The number of hydrogen-bond acceptors (Lipinski definition) is 5. The van der Waals surface area contributed by atoms with Gasteiger partial charge in [0.05, 0.1) is 33.4 Å². The molecule has 1 saturated carbocycles. The molecule has 5 rings (SSSR count). The summed E-state index contributed by atoms with van der Waals surface area (Å²) in [6.07, 6.45) is 4.32. The summed E-state index contributed by atoms with van der Waals surface area (Å²) in [4.78, 5) is 20.5. The predicted molar refractivity (Wildman–Crippen MR) is 135 cm³/mol. The van der Waals surface area contributed by atoms with Crippen LogP contribution in [0.15, 0.2) is 41.3 Å². The molecular weight excluding hydrogens is 462 g/mol. The Morgan fingerprint density at radius 3 is 2.46 bits per heavy atom. The highest BCUT2D eigenvalue weighted by atomic mass is 32.2. The van der Waals surface area contributed by atoms with Crippen LogP contribution in [0, 0.1) is 13.8 Å². The number of nitrogens with zero attached hydrogens (tertiary/aromatic N) is 3. The zero-order valence-electron chi connectivity index (χ0n) is 20.4. The van der Waals surface area contributed by atoms with Gasteiger partial charge in [-0.25, -0.2) is 18.2 Å². The predicted octanol–water partition coefficient (Wildman–Crippen LogP) is 4.42. The monoisotopic (exact) mass is 493 g/mol. The zero-order chi connectivity index (χ0) is 24.8. The molecule has 2 aliphatic rings. The maximum Gasteiger partial charge on any atom is 0.322 e. The number of H-pyrrole nitrogens is 1. The van der Waals surface area contributed by atoms with Gasteiger partial charge in [-0.3, -0.25) is 10.00 Å². The van der Waals surface area contributed by atoms with Gasteiger partial charge in [0.1, 0.15) is 0 Å². The number of urea groups is 1. The van der Waals surface area contributed by atoms with E-state index in [1.54, 1.807) is 31.2 Å². The van der Waals surface area contributed by atoms with Gasteiger partial charge in [0.2, 0.25) is 0 Å². The molecule has 0 bridgehead atoms. The second-order valence-electron chi connectivity index (χ2n) is 9.65. The van der Waals surface area contributed by atoms with Crippen molar-refractivity contribution >= 4 is 21.6 Å². The molecule has 35 heavy (non-hydrogen) atoms. The lowest BCUT2D eigenvalue weighted by Gasteiger charge is -2.24. The lowest BCUT2D eigenvalue weighted by atomic mass is 9.84. The summed E-state index contributed by atoms with van der Waals surface area (Å²) in [6.45, 7) is 6.55. The van der Waals surface area contributed by atoms with E-state index >= 15 is 0 Å². The molecule has 1 aromatic carbocycles. The van der Waals surface area contributed by atoms with Crippen molar-refractivity contribution in [2.75, 3.05) is 17.2 Å². The van der Waals surface area contributed by atoms with Crippen LogP contribution in [0.25, 0.3) is 11.3 Å². The maximum atomic E-state index is 13.3. The summed E-state index contributed by atoms with van der Waals surface area (Å²) < 4.78 is 24.1. The van der Waals surface area contributed by atoms with Gasteiger partial charge < -0.3 is 5.32 Å². The van der Waals surface area contributed by atoms with Crippen molar-refractivity contribution < 1.29 is 13.2 Å². The SMILES string of the molecule is CCS(=O)(=O)c1ccc(CNC(=O)N2CC3(CCCC3)c3nc(-c4c(C)n[nH]c4C)ccc32)cc1. The van der Waals surface area contributed by atoms with E-state index in [0.29, 0.717) is 18.0 Å². The lowest BCUT2D eigenvalue weighted by molar-refractivity contribution is 0.245. The molecule has 1 aliphatic carbocycles. The van der Waals surface area contributed by atoms with Crippen molar-refractivity contribution in [2.24, 2.45) is 0 Å². The first kappa shape index (κ1) is 23.5. The topological polar surface area (TPSA) is 108 Å². The van der Waals surface area contributed by atoms with E-state index in [0.717, 1.165) is 65.3 Å². The number of carbonyl (C=O) groups is 1. The quantitative estimate of drug-likeness (QED) is 0.547. The molecule has 184 valence electrons. The molecule has 1 spiro atoms. The number of aromatic amines is 1. The molecule has 3 heterocycles. The van der Waals surface area contributed by atoms with Gasteiger partial charge in [-0.15, -0.1) is 0 Å². The van der Waals surface area contributed by atoms with Crippen LogP contribution in [0.1, 0.15) is 55.3 Å².